The van der Waals surface area contributed by atoms with Crippen LogP contribution in [0.1, 0.15) is 32.3 Å². The molecule has 0 bridgehead atoms. The summed E-state index contributed by atoms with van der Waals surface area (Å²) in [5.41, 5.74) is 1.05. The van der Waals surface area contributed by atoms with Gasteiger partial charge in [-0.05, 0) is 50.8 Å². The second-order valence-corrected chi connectivity index (χ2v) is 8.63. The highest BCUT2D eigenvalue weighted by Gasteiger charge is 2.29. The predicted molar refractivity (Wildman–Crippen MR) is 105 cm³/mol. The molecule has 27 heavy (non-hydrogen) atoms. The van der Waals surface area contributed by atoms with Crippen molar-refractivity contribution in [1.82, 2.24) is 9.62 Å². The van der Waals surface area contributed by atoms with E-state index >= 15 is 0 Å². The first-order valence-corrected chi connectivity index (χ1v) is 11.3. The molecular formula is C19H30N2O5S. The molecule has 0 spiro atoms. The number of sulfonamides is 1. The molecular weight excluding hydrogens is 368 g/mol. The Morgan fingerprint density at radius 1 is 1.22 bits per heavy atom. The topological polar surface area (TPSA) is 84.9 Å². The molecule has 2 rings (SSSR count). The summed E-state index contributed by atoms with van der Waals surface area (Å²) < 4.78 is 35.9. The lowest BCUT2D eigenvalue weighted by molar-refractivity contribution is -0.126. The highest BCUT2D eigenvalue weighted by Crippen LogP contribution is 2.28. The molecule has 1 atom stereocenters. The Labute approximate surface area is 162 Å². The van der Waals surface area contributed by atoms with Crippen molar-refractivity contribution in [2.24, 2.45) is 5.92 Å². The van der Waals surface area contributed by atoms with Gasteiger partial charge in [0.25, 0.3) is 0 Å². The summed E-state index contributed by atoms with van der Waals surface area (Å²) in [7, 11) is -3.25. The van der Waals surface area contributed by atoms with E-state index in [0.717, 1.165) is 17.7 Å². The zero-order valence-corrected chi connectivity index (χ0v) is 17.2. The maximum absolute atomic E-state index is 12.4. The number of carbonyl (C=O) groups is 1. The fourth-order valence-corrected chi connectivity index (χ4v) is 4.09. The number of benzene rings is 1. The van der Waals surface area contributed by atoms with Crippen LogP contribution in [-0.2, 0) is 21.2 Å². The Kier molecular flexibility index (Phi) is 7.91. The lowest BCUT2D eigenvalue weighted by Gasteiger charge is -2.30. The monoisotopic (exact) mass is 398 g/mol. The van der Waals surface area contributed by atoms with Crippen LogP contribution >= 0.6 is 0 Å². The molecule has 1 aliphatic rings. The van der Waals surface area contributed by atoms with Crippen LogP contribution in [-0.4, -0.2) is 57.7 Å². The molecule has 7 nitrogen and oxygen atoms in total. The summed E-state index contributed by atoms with van der Waals surface area (Å²) in [6, 6.07) is 5.79. The van der Waals surface area contributed by atoms with Crippen molar-refractivity contribution in [3.8, 4) is 11.5 Å². The van der Waals surface area contributed by atoms with E-state index in [4.69, 9.17) is 9.47 Å². The van der Waals surface area contributed by atoms with Crippen LogP contribution < -0.4 is 14.8 Å². The molecule has 152 valence electrons. The van der Waals surface area contributed by atoms with E-state index in [9.17, 15) is 13.2 Å². The lowest BCUT2D eigenvalue weighted by atomic mass is 9.99. The van der Waals surface area contributed by atoms with Crippen LogP contribution in [0, 0.1) is 5.92 Å². The highest BCUT2D eigenvalue weighted by atomic mass is 32.2. The SMILES string of the molecule is CCOc1ccc(CCNC(=O)[C@H]2CCCN(S(C)(=O)=O)C2)cc1OCC. The largest absolute Gasteiger partial charge is 0.490 e. The van der Waals surface area contributed by atoms with E-state index in [2.05, 4.69) is 5.32 Å². The summed E-state index contributed by atoms with van der Waals surface area (Å²) in [5.74, 6) is 1.06. The molecule has 0 aliphatic carbocycles. The minimum Gasteiger partial charge on any atom is -0.490 e. The maximum atomic E-state index is 12.4. The van der Waals surface area contributed by atoms with Gasteiger partial charge in [-0.1, -0.05) is 6.07 Å². The summed E-state index contributed by atoms with van der Waals surface area (Å²) in [6.07, 6.45) is 3.28. The van der Waals surface area contributed by atoms with Gasteiger partial charge < -0.3 is 14.8 Å². The van der Waals surface area contributed by atoms with Gasteiger partial charge >= 0.3 is 0 Å². The van der Waals surface area contributed by atoms with Gasteiger partial charge in [0.05, 0.1) is 25.4 Å². The third-order valence-electron chi connectivity index (χ3n) is 4.54. The number of hydrogen-bond acceptors (Lipinski definition) is 5. The zero-order valence-electron chi connectivity index (χ0n) is 16.4. The van der Waals surface area contributed by atoms with E-state index in [-0.39, 0.29) is 18.4 Å². The van der Waals surface area contributed by atoms with Gasteiger partial charge in [-0.2, -0.15) is 0 Å². The molecule has 1 fully saturated rings. The molecule has 0 radical (unpaired) electrons. The summed E-state index contributed by atoms with van der Waals surface area (Å²) in [6.45, 7) is 6.23. The molecule has 0 aromatic heterocycles. The number of nitrogens with one attached hydrogen (secondary N) is 1. The Balaban J connectivity index is 1.88. The maximum Gasteiger partial charge on any atom is 0.224 e. The predicted octanol–water partition coefficient (Wildman–Crippen LogP) is 1.81. The second kappa shape index (κ2) is 9.94. The molecule has 1 N–H and O–H groups in total. The minimum absolute atomic E-state index is 0.0840. The average molecular weight is 399 g/mol. The van der Waals surface area contributed by atoms with Crippen LogP contribution in [0.3, 0.4) is 0 Å². The molecule has 1 aromatic rings. The number of piperidine rings is 1. The van der Waals surface area contributed by atoms with Gasteiger partial charge in [0, 0.05) is 19.6 Å². The van der Waals surface area contributed by atoms with Crippen molar-refractivity contribution < 1.29 is 22.7 Å². The Morgan fingerprint density at radius 3 is 2.59 bits per heavy atom. The molecule has 1 amide bonds. The Hall–Kier alpha value is -1.80. The molecule has 1 saturated heterocycles. The zero-order chi connectivity index (χ0) is 19.9. The van der Waals surface area contributed by atoms with Gasteiger partial charge in [-0.25, -0.2) is 12.7 Å². The first-order valence-electron chi connectivity index (χ1n) is 9.46. The highest BCUT2D eigenvalue weighted by molar-refractivity contribution is 7.88. The molecule has 8 heteroatoms. The summed E-state index contributed by atoms with van der Waals surface area (Å²) in [5, 5.41) is 2.93. The van der Waals surface area contributed by atoms with Crippen LogP contribution in [0.2, 0.25) is 0 Å². The number of hydrogen-bond donors (Lipinski definition) is 1. The normalized spacial score (nSPS) is 18.1. The standard InChI is InChI=1S/C19H30N2O5S/c1-4-25-17-9-8-15(13-18(17)26-5-2)10-11-20-19(22)16-7-6-12-21(14-16)27(3,23)24/h8-9,13,16H,4-7,10-12,14H2,1-3H3,(H,20,22)/t16-/m0/s1. The van der Waals surface area contributed by atoms with Gasteiger partial charge in [0.15, 0.2) is 11.5 Å². The van der Waals surface area contributed by atoms with Gasteiger partial charge in [-0.3, -0.25) is 4.79 Å². The molecule has 1 aliphatic heterocycles. The average Bonchev–Trinajstić information content (AvgIpc) is 2.63. The van der Waals surface area contributed by atoms with Crippen molar-refractivity contribution in [2.75, 3.05) is 39.1 Å². The number of nitrogens with zero attached hydrogens (tertiary/aromatic N) is 1. The van der Waals surface area contributed by atoms with Crippen molar-refractivity contribution in [3.63, 3.8) is 0 Å². The number of carbonyl (C=O) groups excluding carboxylic acids is 1. The van der Waals surface area contributed by atoms with E-state index in [1.54, 1.807) is 0 Å². The fourth-order valence-electron chi connectivity index (χ4n) is 3.18. The van der Waals surface area contributed by atoms with Gasteiger partial charge in [0.2, 0.25) is 15.9 Å². The van der Waals surface area contributed by atoms with Crippen LogP contribution in [0.5, 0.6) is 11.5 Å². The fraction of sp³-hybridized carbons (Fsp3) is 0.632. The Bertz CT molecular complexity index is 736. The minimum atomic E-state index is -3.25. The number of amides is 1. The van der Waals surface area contributed by atoms with Gasteiger partial charge in [0.1, 0.15) is 0 Å². The van der Waals surface area contributed by atoms with Crippen LogP contribution in [0.25, 0.3) is 0 Å². The van der Waals surface area contributed by atoms with Crippen molar-refractivity contribution in [2.45, 2.75) is 33.1 Å². The number of rotatable bonds is 9. The third-order valence-corrected chi connectivity index (χ3v) is 5.81. The smallest absolute Gasteiger partial charge is 0.224 e. The van der Waals surface area contributed by atoms with E-state index in [0.29, 0.717) is 44.9 Å². The summed E-state index contributed by atoms with van der Waals surface area (Å²) >= 11 is 0. The van der Waals surface area contributed by atoms with E-state index in [1.807, 2.05) is 32.0 Å². The van der Waals surface area contributed by atoms with E-state index < -0.39 is 10.0 Å². The van der Waals surface area contributed by atoms with Crippen molar-refractivity contribution >= 4 is 15.9 Å². The first-order chi connectivity index (χ1) is 12.8. The molecule has 0 saturated carbocycles. The number of ether oxygens (including phenoxy) is 2. The second-order valence-electron chi connectivity index (χ2n) is 6.65. The quantitative estimate of drug-likeness (QED) is 0.686. The van der Waals surface area contributed by atoms with Crippen LogP contribution in [0.4, 0.5) is 0 Å². The first kappa shape index (κ1) is 21.5. The van der Waals surface area contributed by atoms with Crippen molar-refractivity contribution in [1.29, 1.82) is 0 Å². The van der Waals surface area contributed by atoms with Crippen LogP contribution in [0.15, 0.2) is 18.2 Å². The molecule has 1 heterocycles. The lowest BCUT2D eigenvalue weighted by Crippen LogP contribution is -2.45. The Morgan fingerprint density at radius 2 is 1.93 bits per heavy atom. The van der Waals surface area contributed by atoms with E-state index in [1.165, 1.54) is 10.6 Å². The van der Waals surface area contributed by atoms with Crippen molar-refractivity contribution in [3.05, 3.63) is 23.8 Å². The van der Waals surface area contributed by atoms with Gasteiger partial charge in [-0.15, -0.1) is 0 Å². The molecule has 0 unspecified atom stereocenters. The third kappa shape index (κ3) is 6.39. The summed E-state index contributed by atoms with van der Waals surface area (Å²) in [4.78, 5) is 12.4. The molecule has 1 aromatic carbocycles.